The number of hydrogen-bond acceptors (Lipinski definition) is 2. The van der Waals surface area contributed by atoms with Crippen LogP contribution in [0.5, 0.6) is 0 Å². The van der Waals surface area contributed by atoms with Gasteiger partial charge in [0.15, 0.2) is 0 Å². The van der Waals surface area contributed by atoms with Gasteiger partial charge in [0.05, 0.1) is 0 Å². The highest BCUT2D eigenvalue weighted by Gasteiger charge is 1.79. The van der Waals surface area contributed by atoms with E-state index in [4.69, 9.17) is 10.6 Å². The van der Waals surface area contributed by atoms with Crippen LogP contribution < -0.4 is 0 Å². The zero-order chi connectivity index (χ0) is 4.99. The van der Waals surface area contributed by atoms with E-state index in [1.165, 1.54) is 6.92 Å². The molecule has 34 valence electrons. The van der Waals surface area contributed by atoms with Gasteiger partial charge in [-0.15, -0.1) is 0 Å². The first-order valence-electron chi connectivity index (χ1n) is 1.49. The van der Waals surface area contributed by atoms with Crippen LogP contribution in [0.2, 0.25) is 0 Å². The highest BCUT2D eigenvalue weighted by molar-refractivity contribution is 4.42. The van der Waals surface area contributed by atoms with Crippen LogP contribution in [0.1, 0.15) is 6.92 Å². The minimum absolute atomic E-state index is 0.894. The van der Waals surface area contributed by atoms with Crippen molar-refractivity contribution in [3.8, 4) is 0 Å². The van der Waals surface area contributed by atoms with Crippen molar-refractivity contribution < 1.29 is 5.11 Å². The van der Waals surface area contributed by atoms with Crippen molar-refractivity contribution in [1.82, 2.24) is 0 Å². The molecule has 0 aliphatic carbocycles. The molecule has 0 radical (unpaired) electrons. The second-order valence-corrected chi connectivity index (χ2v) is 0.837. The fourth-order valence-corrected chi connectivity index (χ4v) is 0.0747. The lowest BCUT2D eigenvalue weighted by Gasteiger charge is -1.82. The van der Waals surface area contributed by atoms with E-state index in [0.717, 1.165) is 0 Å². The van der Waals surface area contributed by atoms with Gasteiger partial charge in [-0.1, -0.05) is 5.11 Å². The molecule has 0 aromatic rings. The predicted molar refractivity (Wildman–Crippen MR) is 20.8 cm³/mol. The Labute approximate surface area is 35.0 Å². The minimum atomic E-state index is -0.894. The fourth-order valence-electron chi connectivity index (χ4n) is 0.0747. The van der Waals surface area contributed by atoms with E-state index in [1.54, 1.807) is 0 Å². The number of aliphatic hydroxyl groups excluding tert-OH is 1. The van der Waals surface area contributed by atoms with Crippen molar-refractivity contribution >= 4 is 0 Å². The van der Waals surface area contributed by atoms with Gasteiger partial charge in [-0.3, -0.25) is 0 Å². The van der Waals surface area contributed by atoms with Crippen molar-refractivity contribution in [3.05, 3.63) is 10.4 Å². The summed E-state index contributed by atoms with van der Waals surface area (Å²) >= 11 is 0. The number of nitrogens with zero attached hydrogens (tertiary/aromatic N) is 3. The van der Waals surface area contributed by atoms with E-state index in [2.05, 4.69) is 10.0 Å². The van der Waals surface area contributed by atoms with Gasteiger partial charge in [-0.2, -0.15) is 0 Å². The lowest BCUT2D eigenvalue weighted by atomic mass is 10.7. The normalized spacial score (nSPS) is 12.3. The molecule has 0 heterocycles. The van der Waals surface area contributed by atoms with E-state index >= 15 is 0 Å². The summed E-state index contributed by atoms with van der Waals surface area (Å²) in [6, 6.07) is 0. The molecule has 0 saturated carbocycles. The van der Waals surface area contributed by atoms with Crippen LogP contribution >= 0.6 is 0 Å². The van der Waals surface area contributed by atoms with Gasteiger partial charge in [0.25, 0.3) is 0 Å². The first-order chi connectivity index (χ1) is 2.77. The molecule has 0 saturated heterocycles. The molecular weight excluding hydrogens is 82.0 g/mol. The monoisotopic (exact) mass is 87.0 g/mol. The van der Waals surface area contributed by atoms with Gasteiger partial charge in [-0.05, 0) is 12.5 Å². The van der Waals surface area contributed by atoms with Gasteiger partial charge >= 0.3 is 0 Å². The molecule has 0 rings (SSSR count). The molecule has 0 bridgehead atoms. The Balaban J connectivity index is 3.29. The standard InChI is InChI=1S/C2H5N3O/c1-2(6)4-5-3/h2,6H,1H3. The van der Waals surface area contributed by atoms with Crippen LogP contribution in [-0.4, -0.2) is 11.3 Å². The minimum Gasteiger partial charge on any atom is -0.387 e. The molecule has 1 atom stereocenters. The highest BCUT2D eigenvalue weighted by Crippen LogP contribution is 1.77. The second-order valence-electron chi connectivity index (χ2n) is 0.837. The summed E-state index contributed by atoms with van der Waals surface area (Å²) in [5.74, 6) is 0. The van der Waals surface area contributed by atoms with Crippen molar-refractivity contribution in [2.24, 2.45) is 5.11 Å². The van der Waals surface area contributed by atoms with Crippen LogP contribution in [0.4, 0.5) is 0 Å². The Kier molecular flexibility index (Phi) is 2.20. The third-order valence-electron chi connectivity index (χ3n) is 0.219. The molecule has 0 spiro atoms. The average Bonchev–Trinajstić information content (AvgIpc) is 1.35. The van der Waals surface area contributed by atoms with Gasteiger partial charge in [0.1, 0.15) is 6.23 Å². The Morgan fingerprint density at radius 3 is 2.50 bits per heavy atom. The van der Waals surface area contributed by atoms with Gasteiger partial charge in [-0.25, -0.2) is 0 Å². The summed E-state index contributed by atoms with van der Waals surface area (Å²) in [7, 11) is 0. The molecule has 1 unspecified atom stereocenters. The van der Waals surface area contributed by atoms with E-state index in [9.17, 15) is 0 Å². The number of aliphatic hydroxyl groups is 1. The van der Waals surface area contributed by atoms with Gasteiger partial charge < -0.3 is 5.11 Å². The van der Waals surface area contributed by atoms with E-state index < -0.39 is 6.23 Å². The van der Waals surface area contributed by atoms with Crippen LogP contribution in [0.3, 0.4) is 0 Å². The van der Waals surface area contributed by atoms with Crippen molar-refractivity contribution in [2.45, 2.75) is 13.2 Å². The lowest BCUT2D eigenvalue weighted by molar-refractivity contribution is 0.203. The first kappa shape index (κ1) is 5.27. The molecule has 0 aliphatic rings. The molecule has 0 fully saturated rings. The van der Waals surface area contributed by atoms with E-state index in [1.807, 2.05) is 0 Å². The average molecular weight is 87.1 g/mol. The summed E-state index contributed by atoms with van der Waals surface area (Å²) in [4.78, 5) is 2.31. The molecular formula is C2H5N3O. The Hall–Kier alpha value is -0.730. The third kappa shape index (κ3) is 3.27. The van der Waals surface area contributed by atoms with Crippen LogP contribution in [0.25, 0.3) is 10.4 Å². The maximum absolute atomic E-state index is 8.13. The Morgan fingerprint density at radius 2 is 2.50 bits per heavy atom. The van der Waals surface area contributed by atoms with Crippen LogP contribution in [0, 0.1) is 0 Å². The molecule has 0 aromatic heterocycles. The summed E-state index contributed by atoms with van der Waals surface area (Å²) in [6.45, 7) is 1.39. The molecule has 0 amide bonds. The van der Waals surface area contributed by atoms with Crippen LogP contribution in [0.15, 0.2) is 5.11 Å². The first-order valence-corrected chi connectivity index (χ1v) is 1.49. The van der Waals surface area contributed by atoms with Crippen molar-refractivity contribution in [2.75, 3.05) is 0 Å². The lowest BCUT2D eigenvalue weighted by Crippen LogP contribution is -1.88. The SMILES string of the molecule is CC(O)N=[N+]=[N-]. The molecule has 4 nitrogen and oxygen atoms in total. The summed E-state index contributed by atoms with van der Waals surface area (Å²) in [6.07, 6.45) is -0.894. The predicted octanol–water partition coefficient (Wildman–Crippen LogP) is 0.635. The van der Waals surface area contributed by atoms with Gasteiger partial charge in [0.2, 0.25) is 0 Å². The second kappa shape index (κ2) is 2.50. The topological polar surface area (TPSA) is 69.0 Å². The van der Waals surface area contributed by atoms with E-state index in [-0.39, 0.29) is 0 Å². The van der Waals surface area contributed by atoms with E-state index in [0.29, 0.717) is 0 Å². The zero-order valence-corrected chi connectivity index (χ0v) is 3.37. The maximum atomic E-state index is 8.13. The maximum Gasteiger partial charge on any atom is 0.130 e. The Morgan fingerprint density at radius 1 is 2.00 bits per heavy atom. The molecule has 1 N–H and O–H groups in total. The smallest absolute Gasteiger partial charge is 0.130 e. The molecule has 0 aromatic carbocycles. The fraction of sp³-hybridized carbons (Fsp3) is 1.00. The summed E-state index contributed by atoms with van der Waals surface area (Å²) in [5, 5.41) is 11.0. The van der Waals surface area contributed by atoms with Crippen molar-refractivity contribution in [3.63, 3.8) is 0 Å². The van der Waals surface area contributed by atoms with Crippen LogP contribution in [-0.2, 0) is 0 Å². The third-order valence-corrected chi connectivity index (χ3v) is 0.219. The largest absolute Gasteiger partial charge is 0.387 e. The zero-order valence-electron chi connectivity index (χ0n) is 3.37. The summed E-state index contributed by atoms with van der Waals surface area (Å²) < 4.78 is 0. The number of rotatable bonds is 1. The van der Waals surface area contributed by atoms with Crippen molar-refractivity contribution in [1.29, 1.82) is 0 Å². The molecule has 0 aliphatic heterocycles. The highest BCUT2D eigenvalue weighted by atomic mass is 16.3. The number of hydrogen-bond donors (Lipinski definition) is 1. The Bertz CT molecular complexity index is 72.9. The quantitative estimate of drug-likeness (QED) is 0.284. The van der Waals surface area contributed by atoms with Gasteiger partial charge in [0, 0.05) is 4.91 Å². The summed E-state index contributed by atoms with van der Waals surface area (Å²) in [5.41, 5.74) is 7.54. The number of azide groups is 1. The molecule has 4 heteroatoms. The molecule has 6 heavy (non-hydrogen) atoms.